The van der Waals surface area contributed by atoms with Gasteiger partial charge in [-0.3, -0.25) is 4.79 Å². The van der Waals surface area contributed by atoms with Crippen LogP contribution in [0.3, 0.4) is 0 Å². The molecule has 1 amide bonds. The van der Waals surface area contributed by atoms with E-state index in [0.29, 0.717) is 5.56 Å². The van der Waals surface area contributed by atoms with Gasteiger partial charge in [-0.1, -0.05) is 12.1 Å². The van der Waals surface area contributed by atoms with E-state index < -0.39 is 34.3 Å². The number of pyridine rings is 1. The lowest BCUT2D eigenvalue weighted by Gasteiger charge is -2.12. The molecule has 0 aliphatic heterocycles. The smallest absolute Gasteiger partial charge is 0.342 e. The summed E-state index contributed by atoms with van der Waals surface area (Å²) >= 11 is 0. The highest BCUT2D eigenvalue weighted by molar-refractivity contribution is 7.90. The largest absolute Gasteiger partial charge is 0.405 e. The van der Waals surface area contributed by atoms with Gasteiger partial charge in [-0.25, -0.2) is 17.8 Å². The summed E-state index contributed by atoms with van der Waals surface area (Å²) in [5.41, 5.74) is 0.647. The molecular formula is C18H15F4N3O3S. The first-order valence-corrected chi connectivity index (χ1v) is 10.1. The zero-order valence-electron chi connectivity index (χ0n) is 15.0. The third kappa shape index (κ3) is 4.91. The molecule has 2 aromatic heterocycles. The Morgan fingerprint density at radius 3 is 2.41 bits per heavy atom. The molecule has 0 aliphatic carbocycles. The third-order valence-corrected chi connectivity index (χ3v) is 5.15. The molecule has 0 unspecified atom stereocenters. The van der Waals surface area contributed by atoms with Gasteiger partial charge in [-0.2, -0.15) is 13.2 Å². The van der Waals surface area contributed by atoms with E-state index in [0.717, 1.165) is 12.5 Å². The molecule has 0 spiro atoms. The van der Waals surface area contributed by atoms with Crippen LogP contribution in [0.1, 0.15) is 16.1 Å². The molecule has 154 valence electrons. The highest BCUT2D eigenvalue weighted by Crippen LogP contribution is 2.23. The number of carbonyl (C=O) groups is 1. The Morgan fingerprint density at radius 2 is 1.83 bits per heavy atom. The van der Waals surface area contributed by atoms with Crippen LogP contribution in [0.2, 0.25) is 0 Å². The third-order valence-electron chi connectivity index (χ3n) is 4.07. The number of sulfone groups is 1. The Kier molecular flexibility index (Phi) is 5.35. The number of nitrogens with zero attached hydrogens (tertiary/aromatic N) is 2. The molecule has 0 bridgehead atoms. The molecule has 0 saturated carbocycles. The van der Waals surface area contributed by atoms with Crippen molar-refractivity contribution in [1.82, 2.24) is 14.9 Å². The van der Waals surface area contributed by atoms with Crippen molar-refractivity contribution in [3.05, 3.63) is 59.7 Å². The number of amides is 1. The molecule has 0 atom stereocenters. The first-order valence-electron chi connectivity index (χ1n) is 8.23. The Hall–Kier alpha value is -2.95. The van der Waals surface area contributed by atoms with Crippen molar-refractivity contribution in [2.24, 2.45) is 0 Å². The summed E-state index contributed by atoms with van der Waals surface area (Å²) in [6, 6.07) is 7.90. The van der Waals surface area contributed by atoms with Crippen LogP contribution in [0, 0.1) is 5.82 Å². The first kappa shape index (κ1) is 20.8. The fourth-order valence-corrected chi connectivity index (χ4v) is 3.31. The number of benzene rings is 1. The second-order valence-electron chi connectivity index (χ2n) is 6.40. The van der Waals surface area contributed by atoms with E-state index in [2.05, 4.69) is 4.98 Å². The number of halogens is 4. The van der Waals surface area contributed by atoms with Crippen LogP contribution in [0.4, 0.5) is 17.6 Å². The van der Waals surface area contributed by atoms with Crippen LogP contribution in [0.15, 0.2) is 47.5 Å². The van der Waals surface area contributed by atoms with Crippen molar-refractivity contribution in [3.8, 4) is 0 Å². The van der Waals surface area contributed by atoms with Crippen molar-refractivity contribution in [3.63, 3.8) is 0 Å². The molecule has 0 radical (unpaired) electrons. The van der Waals surface area contributed by atoms with Gasteiger partial charge in [0.25, 0.3) is 5.91 Å². The van der Waals surface area contributed by atoms with Gasteiger partial charge in [-0.05, 0) is 29.8 Å². The molecule has 3 rings (SSSR count). The van der Waals surface area contributed by atoms with Crippen LogP contribution < -0.4 is 5.32 Å². The van der Waals surface area contributed by atoms with Crippen LogP contribution >= 0.6 is 0 Å². The summed E-state index contributed by atoms with van der Waals surface area (Å²) in [5, 5.41) is 2.06. The molecule has 1 N–H and O–H groups in total. The van der Waals surface area contributed by atoms with Crippen molar-refractivity contribution in [2.75, 3.05) is 12.8 Å². The van der Waals surface area contributed by atoms with Gasteiger partial charge in [0.1, 0.15) is 23.7 Å². The molecule has 0 aliphatic rings. The summed E-state index contributed by atoms with van der Waals surface area (Å²) < 4.78 is 75.4. The average Bonchev–Trinajstić information content (AvgIpc) is 2.98. The second-order valence-corrected chi connectivity index (χ2v) is 8.41. The van der Waals surface area contributed by atoms with Crippen molar-refractivity contribution in [2.45, 2.75) is 17.6 Å². The summed E-state index contributed by atoms with van der Waals surface area (Å²) in [7, 11) is -3.57. The van der Waals surface area contributed by atoms with E-state index >= 15 is 0 Å². The van der Waals surface area contributed by atoms with E-state index in [1.54, 1.807) is 5.32 Å². The summed E-state index contributed by atoms with van der Waals surface area (Å²) in [6.45, 7) is -1.50. The van der Waals surface area contributed by atoms with Crippen molar-refractivity contribution >= 4 is 26.8 Å². The van der Waals surface area contributed by atoms with Gasteiger partial charge in [-0.15, -0.1) is 0 Å². The van der Waals surface area contributed by atoms with Gasteiger partial charge < -0.3 is 9.88 Å². The number of nitrogens with one attached hydrogen (secondary N) is 1. The molecule has 2 heterocycles. The Balaban J connectivity index is 2.08. The molecule has 6 nitrogen and oxygen atoms in total. The number of carbonyl (C=O) groups excluding carboxylic acids is 1. The standard InChI is InChI=1S/C18H15F4N3O3S/c1-29(27,28)14-6-12-7-15(17(26)24-10-18(20,21)22)25(16(12)23-8-14)9-11-2-4-13(19)5-3-11/h2-8H,9-10H2,1H3,(H,24,26). The van der Waals surface area contributed by atoms with Crippen LogP contribution in [0.25, 0.3) is 11.0 Å². The quantitative estimate of drug-likeness (QED) is 0.633. The highest BCUT2D eigenvalue weighted by Gasteiger charge is 2.29. The lowest BCUT2D eigenvalue weighted by molar-refractivity contribution is -0.123. The lowest BCUT2D eigenvalue weighted by atomic mass is 10.2. The molecular weight excluding hydrogens is 414 g/mol. The predicted molar refractivity (Wildman–Crippen MR) is 96.7 cm³/mol. The maximum absolute atomic E-state index is 13.1. The Bertz CT molecular complexity index is 1170. The van der Waals surface area contributed by atoms with Crippen LogP contribution in [0.5, 0.6) is 0 Å². The zero-order chi connectivity index (χ0) is 21.4. The minimum Gasteiger partial charge on any atom is -0.342 e. The molecule has 29 heavy (non-hydrogen) atoms. The molecule has 1 aromatic carbocycles. The van der Waals surface area contributed by atoms with Crippen molar-refractivity contribution < 1.29 is 30.8 Å². The summed E-state index contributed by atoms with van der Waals surface area (Å²) in [4.78, 5) is 16.4. The first-order chi connectivity index (χ1) is 13.4. The van der Waals surface area contributed by atoms with Crippen molar-refractivity contribution in [1.29, 1.82) is 0 Å². The maximum Gasteiger partial charge on any atom is 0.405 e. The minimum absolute atomic E-state index is 0.0176. The number of rotatable bonds is 5. The monoisotopic (exact) mass is 429 g/mol. The topological polar surface area (TPSA) is 81.1 Å². The zero-order valence-corrected chi connectivity index (χ0v) is 15.8. The fourth-order valence-electron chi connectivity index (χ4n) is 2.72. The average molecular weight is 429 g/mol. The van der Waals surface area contributed by atoms with E-state index in [1.807, 2.05) is 0 Å². The van der Waals surface area contributed by atoms with Gasteiger partial charge in [0.2, 0.25) is 0 Å². The van der Waals surface area contributed by atoms with Crippen LogP contribution in [-0.2, 0) is 16.4 Å². The van der Waals surface area contributed by atoms with Gasteiger partial charge in [0.05, 0.1) is 4.90 Å². The SMILES string of the molecule is CS(=O)(=O)c1cnc2c(c1)cc(C(=O)NCC(F)(F)F)n2Cc1ccc(F)cc1. The van der Waals surface area contributed by atoms with Gasteiger partial charge in [0.15, 0.2) is 9.84 Å². The minimum atomic E-state index is -4.59. The van der Waals surface area contributed by atoms with Crippen LogP contribution in [-0.4, -0.2) is 42.9 Å². The van der Waals surface area contributed by atoms with E-state index in [4.69, 9.17) is 0 Å². The Morgan fingerprint density at radius 1 is 1.17 bits per heavy atom. The fraction of sp³-hybridized carbons (Fsp3) is 0.222. The highest BCUT2D eigenvalue weighted by atomic mass is 32.2. The second kappa shape index (κ2) is 7.47. The number of hydrogen-bond acceptors (Lipinski definition) is 4. The van der Waals surface area contributed by atoms with E-state index in [9.17, 15) is 30.8 Å². The predicted octanol–water partition coefficient (Wildman–Crippen LogP) is 2.92. The molecule has 0 saturated heterocycles. The lowest BCUT2D eigenvalue weighted by Crippen LogP contribution is -2.34. The number of hydrogen-bond donors (Lipinski definition) is 1. The number of alkyl halides is 3. The van der Waals surface area contributed by atoms with Gasteiger partial charge >= 0.3 is 6.18 Å². The van der Waals surface area contributed by atoms with E-state index in [1.165, 1.54) is 41.0 Å². The maximum atomic E-state index is 13.1. The molecule has 3 aromatic rings. The van der Waals surface area contributed by atoms with E-state index in [-0.39, 0.29) is 28.2 Å². The normalized spacial score (nSPS) is 12.3. The summed E-state index contributed by atoms with van der Waals surface area (Å²) in [6.07, 6.45) is -2.50. The summed E-state index contributed by atoms with van der Waals surface area (Å²) in [5.74, 6) is -1.46. The Labute approximate surface area is 163 Å². The van der Waals surface area contributed by atoms with Gasteiger partial charge in [0, 0.05) is 24.4 Å². The number of fused-ring (bicyclic) bond motifs is 1. The number of aromatic nitrogens is 2. The molecule has 0 fully saturated rings. The molecule has 11 heteroatoms.